The van der Waals surface area contributed by atoms with Crippen LogP contribution >= 0.6 is 35.1 Å². The van der Waals surface area contributed by atoms with E-state index in [1.807, 2.05) is 50.2 Å². The van der Waals surface area contributed by atoms with Gasteiger partial charge < -0.3 is 5.73 Å². The molecule has 0 aliphatic carbocycles. The number of Topliss-reactive ketones (excluding diaryl/α,β-unsaturated/α-hetero) is 1. The number of nitrogens with zero attached hydrogens (tertiary/aromatic N) is 4. The van der Waals surface area contributed by atoms with Gasteiger partial charge in [-0.1, -0.05) is 12.1 Å². The molecule has 8 heterocycles. The van der Waals surface area contributed by atoms with Crippen molar-refractivity contribution < 1.29 is 14.4 Å². The minimum atomic E-state index is 0. The fraction of sp³-hybridized carbons (Fsp3) is 0.568. The quantitative estimate of drug-likeness (QED) is 0.217. The van der Waals surface area contributed by atoms with Gasteiger partial charge in [0.2, 0.25) is 0 Å². The Hall–Kier alpha value is -2.56. The van der Waals surface area contributed by atoms with Gasteiger partial charge in [0.1, 0.15) is 0 Å². The van der Waals surface area contributed by atoms with E-state index in [1.165, 1.54) is 56.6 Å². The Kier molecular flexibility index (Phi) is 12.7. The number of carbonyl (C=O) groups excluding carboxylic acids is 3. The van der Waals surface area contributed by atoms with Crippen molar-refractivity contribution >= 4 is 67.4 Å². The Labute approximate surface area is 298 Å². The number of hydrogen-bond donors (Lipinski definition) is 1. The SMILES string of the molecule is CC1(C)[C@H](N)C2CCN1CC2.Cc1nc2ccc(C(=O)C[C@@H]3C4CCN(CC4)C3(C)C)cc2s1.Cc1nc2ccccc2s1.Cl.O=C=O. The smallest absolute Gasteiger partial charge is 0.326 e. The first-order valence-corrected chi connectivity index (χ1v) is 18.5. The van der Waals surface area contributed by atoms with Gasteiger partial charge in [0.15, 0.2) is 5.78 Å². The third kappa shape index (κ3) is 8.24. The van der Waals surface area contributed by atoms with Crippen LogP contribution in [0, 0.1) is 31.6 Å². The maximum Gasteiger partial charge on any atom is 0.373 e. The second-order valence-corrected chi connectivity index (χ2v) is 16.9. The summed E-state index contributed by atoms with van der Waals surface area (Å²) in [5.74, 6) is 2.30. The Morgan fingerprint density at radius 1 is 0.812 bits per heavy atom. The molecule has 11 heteroatoms. The zero-order valence-corrected chi connectivity index (χ0v) is 31.5. The zero-order chi connectivity index (χ0) is 33.9. The molecular formula is C37H50ClN5O3S2. The van der Waals surface area contributed by atoms with Crippen LogP contribution in [0.1, 0.15) is 80.2 Å². The number of rotatable bonds is 3. The number of aryl methyl sites for hydroxylation is 2. The fourth-order valence-electron chi connectivity index (χ4n) is 8.25. The summed E-state index contributed by atoms with van der Waals surface area (Å²) < 4.78 is 2.40. The molecule has 6 aliphatic heterocycles. The lowest BCUT2D eigenvalue weighted by Crippen LogP contribution is -2.67. The van der Waals surface area contributed by atoms with Crippen molar-refractivity contribution in [3.8, 4) is 0 Å². The summed E-state index contributed by atoms with van der Waals surface area (Å²) >= 11 is 3.41. The largest absolute Gasteiger partial charge is 0.373 e. The second-order valence-electron chi connectivity index (χ2n) is 14.4. The van der Waals surface area contributed by atoms with Gasteiger partial charge >= 0.3 is 6.15 Å². The summed E-state index contributed by atoms with van der Waals surface area (Å²) in [6.07, 6.45) is 6.09. The van der Waals surface area contributed by atoms with Crippen molar-refractivity contribution in [2.75, 3.05) is 26.2 Å². The van der Waals surface area contributed by atoms with Gasteiger partial charge in [-0.25, -0.2) is 9.97 Å². The Balaban J connectivity index is 0.000000173. The molecular weight excluding hydrogens is 662 g/mol. The number of fused-ring (bicyclic) bond motifs is 8. The van der Waals surface area contributed by atoms with E-state index in [1.54, 1.807) is 22.7 Å². The summed E-state index contributed by atoms with van der Waals surface area (Å²) in [4.78, 5) is 43.1. The normalized spacial score (nSPS) is 27.2. The number of carbonyl (C=O) groups is 1. The van der Waals surface area contributed by atoms with Crippen molar-refractivity contribution in [1.82, 2.24) is 19.8 Å². The van der Waals surface area contributed by atoms with Crippen LogP contribution in [-0.2, 0) is 9.59 Å². The number of nitrogens with two attached hydrogens (primary N) is 1. The molecule has 260 valence electrons. The highest BCUT2D eigenvalue weighted by Gasteiger charge is 2.48. The Morgan fingerprint density at radius 2 is 1.31 bits per heavy atom. The highest BCUT2D eigenvalue weighted by atomic mass is 35.5. The molecule has 0 unspecified atom stereocenters. The molecule has 6 aliphatic rings. The van der Waals surface area contributed by atoms with Gasteiger partial charge in [0.05, 0.1) is 30.4 Å². The van der Waals surface area contributed by atoms with Crippen molar-refractivity contribution in [1.29, 1.82) is 0 Å². The molecule has 2 aromatic carbocycles. The van der Waals surface area contributed by atoms with E-state index in [4.69, 9.17) is 15.3 Å². The van der Waals surface area contributed by atoms with Crippen molar-refractivity contribution in [3.63, 3.8) is 0 Å². The fourth-order valence-corrected chi connectivity index (χ4v) is 9.94. The average molecular weight is 712 g/mol. The van der Waals surface area contributed by atoms with E-state index >= 15 is 0 Å². The molecule has 6 saturated heterocycles. The average Bonchev–Trinajstić information content (AvgIpc) is 3.62. The van der Waals surface area contributed by atoms with Crippen LogP contribution in [0.15, 0.2) is 42.5 Å². The van der Waals surface area contributed by atoms with E-state index in [0.29, 0.717) is 30.1 Å². The van der Waals surface area contributed by atoms with Gasteiger partial charge in [-0.15, -0.1) is 35.1 Å². The van der Waals surface area contributed by atoms with Crippen LogP contribution in [0.3, 0.4) is 0 Å². The predicted molar refractivity (Wildman–Crippen MR) is 198 cm³/mol. The molecule has 6 fully saturated rings. The third-order valence-corrected chi connectivity index (χ3v) is 13.0. The molecule has 8 nitrogen and oxygen atoms in total. The molecule has 4 bridgehead atoms. The first-order valence-electron chi connectivity index (χ1n) is 16.8. The third-order valence-electron chi connectivity index (χ3n) is 11.1. The first kappa shape index (κ1) is 38.2. The second kappa shape index (κ2) is 16.0. The number of aromatic nitrogens is 2. The molecule has 2 N–H and O–H groups in total. The molecule has 2 atom stereocenters. The minimum absolute atomic E-state index is 0. The lowest BCUT2D eigenvalue weighted by atomic mass is 9.65. The summed E-state index contributed by atoms with van der Waals surface area (Å²) in [6.45, 7) is 18.2. The lowest BCUT2D eigenvalue weighted by Gasteiger charge is -2.56. The summed E-state index contributed by atoms with van der Waals surface area (Å²) in [7, 11) is 0. The van der Waals surface area contributed by atoms with E-state index in [2.05, 4.69) is 53.5 Å². The van der Waals surface area contributed by atoms with Gasteiger partial charge in [0.25, 0.3) is 0 Å². The Bertz CT molecular complexity index is 1680. The summed E-state index contributed by atoms with van der Waals surface area (Å²) in [5, 5.41) is 2.20. The van der Waals surface area contributed by atoms with Crippen LogP contribution in [0.5, 0.6) is 0 Å². The van der Waals surface area contributed by atoms with Crippen molar-refractivity contribution in [3.05, 3.63) is 58.0 Å². The maximum absolute atomic E-state index is 12.9. The van der Waals surface area contributed by atoms with E-state index in [-0.39, 0.29) is 29.6 Å². The number of benzene rings is 2. The number of halogens is 1. The molecule has 2 aromatic heterocycles. The zero-order valence-electron chi connectivity index (χ0n) is 29.0. The molecule has 0 saturated carbocycles. The molecule has 0 spiro atoms. The van der Waals surface area contributed by atoms with Crippen molar-refractivity contribution in [2.45, 2.75) is 90.8 Å². The van der Waals surface area contributed by atoms with Gasteiger partial charge in [-0.3, -0.25) is 14.6 Å². The van der Waals surface area contributed by atoms with Gasteiger partial charge in [0, 0.05) is 29.1 Å². The van der Waals surface area contributed by atoms with Crippen LogP contribution in [0.4, 0.5) is 0 Å². The van der Waals surface area contributed by atoms with Crippen LogP contribution in [-0.4, -0.2) is 75.0 Å². The summed E-state index contributed by atoms with van der Waals surface area (Å²) in [5.41, 5.74) is 9.55. The lowest BCUT2D eigenvalue weighted by molar-refractivity contribution is -0.191. The van der Waals surface area contributed by atoms with Crippen molar-refractivity contribution in [2.24, 2.45) is 23.5 Å². The number of piperidine rings is 6. The standard InChI is InChI=1S/C19H24N2OS.C9H18N2.C8H7NS.CO2.ClH/c1-12-20-16-5-4-14(10-18(16)23-12)17(22)11-15-13-6-8-21(9-7-13)19(15,2)3;1-9(2)8(10)7-3-5-11(9)6-4-7;1-6-9-7-4-2-3-5-8(7)10-6;2-1-3;/h4-5,10,13,15H,6-9,11H2,1-3H3;7-8H,3-6,10H2,1-2H3;2-5H,1H3;;1H/t15-;8-;;;/m11.../s1. The van der Waals surface area contributed by atoms with E-state index in [9.17, 15) is 4.79 Å². The number of hydrogen-bond acceptors (Lipinski definition) is 10. The van der Waals surface area contributed by atoms with Gasteiger partial charge in [-0.05, 0) is 141 Å². The highest BCUT2D eigenvalue weighted by Crippen LogP contribution is 2.46. The first-order chi connectivity index (χ1) is 22.3. The minimum Gasteiger partial charge on any atom is -0.326 e. The number of thiazole rings is 2. The molecule has 0 amide bonds. The maximum atomic E-state index is 12.9. The topological polar surface area (TPSA) is 109 Å². The molecule has 48 heavy (non-hydrogen) atoms. The highest BCUT2D eigenvalue weighted by molar-refractivity contribution is 7.18. The van der Waals surface area contributed by atoms with E-state index < -0.39 is 0 Å². The van der Waals surface area contributed by atoms with E-state index in [0.717, 1.165) is 37.2 Å². The Morgan fingerprint density at radius 3 is 1.81 bits per heavy atom. The van der Waals surface area contributed by atoms with Gasteiger partial charge in [-0.2, -0.15) is 9.59 Å². The monoisotopic (exact) mass is 711 g/mol. The molecule has 10 rings (SSSR count). The van der Waals surface area contributed by atoms with Crippen LogP contribution in [0.25, 0.3) is 20.4 Å². The summed E-state index contributed by atoms with van der Waals surface area (Å²) in [6, 6.07) is 14.6. The molecule has 4 aromatic rings. The number of ketones is 1. The predicted octanol–water partition coefficient (Wildman–Crippen LogP) is 7.56. The number of para-hydroxylation sites is 1. The molecule has 0 radical (unpaired) electrons. The van der Waals surface area contributed by atoms with Crippen LogP contribution < -0.4 is 5.73 Å². The van der Waals surface area contributed by atoms with Crippen LogP contribution in [0.2, 0.25) is 0 Å².